The minimum absolute atomic E-state index is 0.841. The number of para-hydroxylation sites is 1. The fourth-order valence-corrected chi connectivity index (χ4v) is 2.85. The lowest BCUT2D eigenvalue weighted by Gasteiger charge is -2.32. The van der Waals surface area contributed by atoms with Crippen molar-refractivity contribution in [2.45, 2.75) is 12.8 Å². The molecule has 0 fully saturated rings. The van der Waals surface area contributed by atoms with E-state index >= 15 is 0 Å². The van der Waals surface area contributed by atoms with Crippen molar-refractivity contribution >= 4 is 22.7 Å². The smallest absolute Gasteiger partial charge is 0.0646 e. The van der Waals surface area contributed by atoms with Gasteiger partial charge in [-0.3, -0.25) is 0 Å². The van der Waals surface area contributed by atoms with Crippen LogP contribution in [0.15, 0.2) is 42.5 Å². The van der Waals surface area contributed by atoms with Crippen LogP contribution in [0, 0.1) is 0 Å². The highest BCUT2D eigenvalue weighted by Crippen LogP contribution is 2.37. The van der Waals surface area contributed by atoms with E-state index in [0.717, 1.165) is 30.0 Å². The molecule has 20 heavy (non-hydrogen) atoms. The summed E-state index contributed by atoms with van der Waals surface area (Å²) in [4.78, 5) is 4.41. The Kier molecular flexibility index (Phi) is 3.26. The van der Waals surface area contributed by atoms with E-state index in [0.29, 0.717) is 0 Å². The number of anilines is 4. The van der Waals surface area contributed by atoms with Gasteiger partial charge in [0.2, 0.25) is 0 Å². The van der Waals surface area contributed by atoms with Crippen LogP contribution in [0.3, 0.4) is 0 Å². The normalized spacial score (nSPS) is 14.0. The Balaban J connectivity index is 2.02. The molecule has 0 amide bonds. The quantitative estimate of drug-likeness (QED) is 0.846. The molecule has 2 N–H and O–H groups in total. The summed E-state index contributed by atoms with van der Waals surface area (Å²) in [6.07, 6.45) is 2.33. The topological polar surface area (TPSA) is 32.5 Å². The second-order valence-corrected chi connectivity index (χ2v) is 5.52. The van der Waals surface area contributed by atoms with Crippen molar-refractivity contribution in [1.29, 1.82) is 0 Å². The first-order valence-corrected chi connectivity index (χ1v) is 7.09. The van der Waals surface area contributed by atoms with Crippen LogP contribution >= 0.6 is 0 Å². The van der Waals surface area contributed by atoms with E-state index in [1.165, 1.54) is 17.7 Å². The third-order valence-electron chi connectivity index (χ3n) is 3.93. The van der Waals surface area contributed by atoms with E-state index in [-0.39, 0.29) is 0 Å². The number of rotatable bonds is 2. The summed E-state index contributed by atoms with van der Waals surface area (Å²) in [5.41, 5.74) is 12.1. The molecule has 1 heterocycles. The molecule has 0 spiro atoms. The van der Waals surface area contributed by atoms with Gasteiger partial charge in [0.05, 0.1) is 11.4 Å². The maximum Gasteiger partial charge on any atom is 0.0646 e. The van der Waals surface area contributed by atoms with E-state index < -0.39 is 0 Å². The Hall–Kier alpha value is -2.16. The van der Waals surface area contributed by atoms with Crippen LogP contribution in [-0.2, 0) is 6.42 Å². The third kappa shape index (κ3) is 2.20. The lowest BCUT2D eigenvalue weighted by atomic mass is 10.0. The van der Waals surface area contributed by atoms with Crippen molar-refractivity contribution in [2.24, 2.45) is 0 Å². The fraction of sp³-hybridized carbons (Fsp3) is 0.294. The van der Waals surface area contributed by atoms with Gasteiger partial charge < -0.3 is 15.5 Å². The van der Waals surface area contributed by atoms with Crippen LogP contribution in [0.25, 0.3) is 0 Å². The molecule has 0 radical (unpaired) electrons. The maximum atomic E-state index is 6.28. The van der Waals surface area contributed by atoms with Crippen molar-refractivity contribution in [3.8, 4) is 0 Å². The number of nitrogens with zero attached hydrogens (tertiary/aromatic N) is 2. The van der Waals surface area contributed by atoms with Crippen LogP contribution in [-0.4, -0.2) is 20.6 Å². The Morgan fingerprint density at radius 2 is 1.85 bits per heavy atom. The molecule has 3 heteroatoms. The first-order chi connectivity index (χ1) is 9.66. The predicted octanol–water partition coefficient (Wildman–Crippen LogP) is 3.42. The van der Waals surface area contributed by atoms with Gasteiger partial charge in [-0.2, -0.15) is 0 Å². The van der Waals surface area contributed by atoms with Gasteiger partial charge in [0, 0.05) is 32.0 Å². The summed E-state index contributed by atoms with van der Waals surface area (Å²) in [5.74, 6) is 0. The van der Waals surface area contributed by atoms with Crippen LogP contribution in [0.1, 0.15) is 12.0 Å². The van der Waals surface area contributed by atoms with Gasteiger partial charge in [-0.25, -0.2) is 0 Å². The zero-order valence-corrected chi connectivity index (χ0v) is 12.1. The number of benzene rings is 2. The van der Waals surface area contributed by atoms with Crippen LogP contribution in [0.4, 0.5) is 22.7 Å². The lowest BCUT2D eigenvalue weighted by molar-refractivity contribution is 0.767. The largest absolute Gasteiger partial charge is 0.397 e. The first-order valence-electron chi connectivity index (χ1n) is 7.09. The number of hydrogen-bond donors (Lipinski definition) is 1. The van der Waals surface area contributed by atoms with Gasteiger partial charge in [-0.05, 0) is 42.7 Å². The van der Waals surface area contributed by atoms with Crippen LogP contribution in [0.5, 0.6) is 0 Å². The zero-order valence-electron chi connectivity index (χ0n) is 12.1. The molecule has 0 saturated heterocycles. The maximum absolute atomic E-state index is 6.28. The fourth-order valence-electron chi connectivity index (χ4n) is 2.85. The summed E-state index contributed by atoms with van der Waals surface area (Å²) >= 11 is 0. The van der Waals surface area contributed by atoms with Crippen molar-refractivity contribution < 1.29 is 0 Å². The molecule has 0 saturated carbocycles. The molecule has 104 valence electrons. The zero-order chi connectivity index (χ0) is 14.1. The van der Waals surface area contributed by atoms with Gasteiger partial charge in [-0.1, -0.05) is 18.2 Å². The average Bonchev–Trinajstić information content (AvgIpc) is 2.46. The van der Waals surface area contributed by atoms with E-state index in [1.807, 2.05) is 20.2 Å². The number of hydrogen-bond acceptors (Lipinski definition) is 3. The number of fused-ring (bicyclic) bond motifs is 1. The molecule has 2 aromatic rings. The molecule has 0 aromatic heterocycles. The Morgan fingerprint density at radius 3 is 2.60 bits per heavy atom. The molecule has 2 aromatic carbocycles. The second-order valence-electron chi connectivity index (χ2n) is 5.52. The monoisotopic (exact) mass is 267 g/mol. The van der Waals surface area contributed by atoms with Crippen LogP contribution in [0.2, 0.25) is 0 Å². The number of nitrogens with two attached hydrogens (primary N) is 1. The van der Waals surface area contributed by atoms with E-state index in [1.54, 1.807) is 0 Å². The minimum Gasteiger partial charge on any atom is -0.397 e. The minimum atomic E-state index is 0.841. The summed E-state index contributed by atoms with van der Waals surface area (Å²) in [7, 11) is 4.06. The lowest BCUT2D eigenvalue weighted by Crippen LogP contribution is -2.25. The Morgan fingerprint density at radius 1 is 1.05 bits per heavy atom. The van der Waals surface area contributed by atoms with Gasteiger partial charge in [-0.15, -0.1) is 0 Å². The first kappa shape index (κ1) is 12.9. The standard InChI is InChI=1S/C17H21N3/c1-19(2)14-9-10-17(15(18)12-14)20-11-5-7-13-6-3-4-8-16(13)20/h3-4,6,8-10,12H,5,7,11,18H2,1-2H3. The molecule has 0 unspecified atom stereocenters. The van der Waals surface area contributed by atoms with E-state index in [9.17, 15) is 0 Å². The average molecular weight is 267 g/mol. The summed E-state index contributed by atoms with van der Waals surface area (Å²) in [6.45, 7) is 1.03. The van der Waals surface area contributed by atoms with Crippen molar-refractivity contribution in [1.82, 2.24) is 0 Å². The molecule has 3 rings (SSSR count). The number of aryl methyl sites for hydroxylation is 1. The molecule has 0 atom stereocenters. The molecular formula is C17H21N3. The third-order valence-corrected chi connectivity index (χ3v) is 3.93. The van der Waals surface area contributed by atoms with Gasteiger partial charge in [0.25, 0.3) is 0 Å². The SMILES string of the molecule is CN(C)c1ccc(N2CCCc3ccccc32)c(N)c1. The molecular weight excluding hydrogens is 246 g/mol. The van der Waals surface area contributed by atoms with E-state index in [4.69, 9.17) is 5.73 Å². The summed E-state index contributed by atoms with van der Waals surface area (Å²) in [5, 5.41) is 0. The Labute approximate surface area is 120 Å². The van der Waals surface area contributed by atoms with E-state index in [2.05, 4.69) is 46.2 Å². The number of nitrogen functional groups attached to an aromatic ring is 1. The highest BCUT2D eigenvalue weighted by Gasteiger charge is 2.19. The second kappa shape index (κ2) is 5.08. The molecule has 3 nitrogen and oxygen atoms in total. The van der Waals surface area contributed by atoms with Crippen molar-refractivity contribution in [3.63, 3.8) is 0 Å². The van der Waals surface area contributed by atoms with Gasteiger partial charge in [0.1, 0.15) is 0 Å². The molecule has 0 aliphatic carbocycles. The molecule has 1 aliphatic heterocycles. The van der Waals surface area contributed by atoms with Gasteiger partial charge in [0.15, 0.2) is 0 Å². The Bertz CT molecular complexity index is 619. The van der Waals surface area contributed by atoms with Gasteiger partial charge >= 0.3 is 0 Å². The van der Waals surface area contributed by atoms with Crippen LogP contribution < -0.4 is 15.5 Å². The molecule has 1 aliphatic rings. The summed E-state index contributed by atoms with van der Waals surface area (Å²) < 4.78 is 0. The highest BCUT2D eigenvalue weighted by atomic mass is 15.2. The predicted molar refractivity (Wildman–Crippen MR) is 87.0 cm³/mol. The molecule has 0 bridgehead atoms. The van der Waals surface area contributed by atoms with Crippen molar-refractivity contribution in [3.05, 3.63) is 48.0 Å². The highest BCUT2D eigenvalue weighted by molar-refractivity contribution is 5.79. The van der Waals surface area contributed by atoms with Crippen molar-refractivity contribution in [2.75, 3.05) is 36.2 Å². The summed E-state index contributed by atoms with van der Waals surface area (Å²) in [6, 6.07) is 14.9.